The highest BCUT2D eigenvalue weighted by Gasteiger charge is 2.14. The van der Waals surface area contributed by atoms with Gasteiger partial charge in [0.25, 0.3) is 5.91 Å². The number of carbonyl (C=O) groups excluding carboxylic acids is 1. The van der Waals surface area contributed by atoms with Gasteiger partial charge in [0.15, 0.2) is 11.5 Å². The minimum absolute atomic E-state index is 0.208. The molecule has 142 valence electrons. The van der Waals surface area contributed by atoms with Gasteiger partial charge in [-0.05, 0) is 35.4 Å². The SMILES string of the molecule is O=C(NCc1ccc2c(c1)OCO2)c1cc(NCc2ccc(F)cc2)ncn1. The van der Waals surface area contributed by atoms with E-state index in [2.05, 4.69) is 20.6 Å². The Hall–Kier alpha value is -3.68. The van der Waals surface area contributed by atoms with Gasteiger partial charge in [-0.15, -0.1) is 0 Å². The Bertz CT molecular complexity index is 995. The number of benzene rings is 2. The average molecular weight is 380 g/mol. The molecular formula is C20H17FN4O3. The van der Waals surface area contributed by atoms with Crippen LogP contribution in [0.3, 0.4) is 0 Å². The number of nitrogens with zero attached hydrogens (tertiary/aromatic N) is 2. The van der Waals surface area contributed by atoms with Gasteiger partial charge in [-0.2, -0.15) is 0 Å². The van der Waals surface area contributed by atoms with E-state index in [1.165, 1.54) is 18.5 Å². The Kier molecular flexibility index (Phi) is 5.01. The summed E-state index contributed by atoms with van der Waals surface area (Å²) in [6, 6.07) is 13.2. The van der Waals surface area contributed by atoms with Gasteiger partial charge in [0, 0.05) is 19.2 Å². The molecule has 2 heterocycles. The maximum absolute atomic E-state index is 13.0. The number of ether oxygens (including phenoxy) is 2. The lowest BCUT2D eigenvalue weighted by Gasteiger charge is -2.08. The molecule has 28 heavy (non-hydrogen) atoms. The lowest BCUT2D eigenvalue weighted by atomic mass is 10.2. The number of fused-ring (bicyclic) bond motifs is 1. The molecule has 0 bridgehead atoms. The molecule has 0 aliphatic carbocycles. The highest BCUT2D eigenvalue weighted by atomic mass is 19.1. The first-order valence-corrected chi connectivity index (χ1v) is 8.64. The normalized spacial score (nSPS) is 11.9. The predicted octanol–water partition coefficient (Wildman–Crippen LogP) is 2.89. The molecule has 1 amide bonds. The summed E-state index contributed by atoms with van der Waals surface area (Å²) in [6.07, 6.45) is 1.32. The van der Waals surface area contributed by atoms with E-state index in [-0.39, 0.29) is 24.2 Å². The Balaban J connectivity index is 1.35. The van der Waals surface area contributed by atoms with Gasteiger partial charge in [-0.25, -0.2) is 14.4 Å². The van der Waals surface area contributed by atoms with Gasteiger partial charge in [0.2, 0.25) is 6.79 Å². The number of rotatable bonds is 6. The fraction of sp³-hybridized carbons (Fsp3) is 0.150. The van der Waals surface area contributed by atoms with E-state index in [1.54, 1.807) is 18.2 Å². The van der Waals surface area contributed by atoms with E-state index in [1.807, 2.05) is 18.2 Å². The zero-order chi connectivity index (χ0) is 19.3. The van der Waals surface area contributed by atoms with Crippen LogP contribution >= 0.6 is 0 Å². The van der Waals surface area contributed by atoms with E-state index in [0.717, 1.165) is 11.1 Å². The highest BCUT2D eigenvalue weighted by molar-refractivity contribution is 5.92. The number of nitrogens with one attached hydrogen (secondary N) is 2. The smallest absolute Gasteiger partial charge is 0.270 e. The Labute approximate surface area is 160 Å². The number of anilines is 1. The highest BCUT2D eigenvalue weighted by Crippen LogP contribution is 2.32. The summed E-state index contributed by atoms with van der Waals surface area (Å²) in [5.41, 5.74) is 2.03. The molecule has 4 rings (SSSR count). The van der Waals surface area contributed by atoms with Crippen molar-refractivity contribution < 1.29 is 18.7 Å². The first kappa shape index (κ1) is 17.7. The average Bonchev–Trinajstić information content (AvgIpc) is 3.20. The summed E-state index contributed by atoms with van der Waals surface area (Å²) in [5.74, 6) is 1.27. The molecule has 0 saturated carbocycles. The topological polar surface area (TPSA) is 85.4 Å². The summed E-state index contributed by atoms with van der Waals surface area (Å²) < 4.78 is 23.6. The van der Waals surface area contributed by atoms with E-state index in [9.17, 15) is 9.18 Å². The Morgan fingerprint density at radius 3 is 2.61 bits per heavy atom. The van der Waals surface area contributed by atoms with Crippen LogP contribution in [0.25, 0.3) is 0 Å². The molecular weight excluding hydrogens is 363 g/mol. The summed E-state index contributed by atoms with van der Waals surface area (Å²) in [7, 11) is 0. The molecule has 2 N–H and O–H groups in total. The van der Waals surface area contributed by atoms with Gasteiger partial charge < -0.3 is 20.1 Å². The molecule has 7 nitrogen and oxygen atoms in total. The van der Waals surface area contributed by atoms with Gasteiger partial charge in [0.1, 0.15) is 23.7 Å². The van der Waals surface area contributed by atoms with Crippen molar-refractivity contribution in [2.24, 2.45) is 0 Å². The molecule has 0 unspecified atom stereocenters. The van der Waals surface area contributed by atoms with Gasteiger partial charge >= 0.3 is 0 Å². The number of hydrogen-bond donors (Lipinski definition) is 2. The fourth-order valence-electron chi connectivity index (χ4n) is 2.70. The van der Waals surface area contributed by atoms with Crippen LogP contribution in [0.15, 0.2) is 54.9 Å². The molecule has 3 aromatic rings. The summed E-state index contributed by atoms with van der Waals surface area (Å²) in [4.78, 5) is 20.5. The van der Waals surface area contributed by atoms with Crippen LogP contribution in [0, 0.1) is 5.82 Å². The van der Waals surface area contributed by atoms with Crippen molar-refractivity contribution in [3.05, 3.63) is 77.5 Å². The maximum Gasteiger partial charge on any atom is 0.270 e. The molecule has 2 aromatic carbocycles. The molecule has 1 aliphatic rings. The number of amides is 1. The molecule has 0 radical (unpaired) electrons. The minimum Gasteiger partial charge on any atom is -0.454 e. The second kappa shape index (κ2) is 7.91. The Morgan fingerprint density at radius 2 is 1.75 bits per heavy atom. The van der Waals surface area contributed by atoms with Gasteiger partial charge in [-0.3, -0.25) is 4.79 Å². The van der Waals surface area contributed by atoms with Gasteiger partial charge in [-0.1, -0.05) is 18.2 Å². The van der Waals surface area contributed by atoms with E-state index >= 15 is 0 Å². The van der Waals surface area contributed by atoms with Crippen molar-refractivity contribution >= 4 is 11.7 Å². The second-order valence-corrected chi connectivity index (χ2v) is 6.14. The number of halogens is 1. The van der Waals surface area contributed by atoms with Crippen LogP contribution in [-0.4, -0.2) is 22.7 Å². The number of carbonyl (C=O) groups is 1. The zero-order valence-electron chi connectivity index (χ0n) is 14.8. The Morgan fingerprint density at radius 1 is 0.964 bits per heavy atom. The largest absolute Gasteiger partial charge is 0.454 e. The van der Waals surface area contributed by atoms with Crippen LogP contribution < -0.4 is 20.1 Å². The quantitative estimate of drug-likeness (QED) is 0.684. The van der Waals surface area contributed by atoms with Crippen molar-refractivity contribution in [3.63, 3.8) is 0 Å². The number of aromatic nitrogens is 2. The molecule has 0 spiro atoms. The summed E-state index contributed by atoms with van der Waals surface area (Å²) in [6.45, 7) is 0.993. The standard InChI is InChI=1S/C20H17FN4O3/c21-15-4-1-13(2-5-15)9-22-19-8-16(24-11-25-19)20(26)23-10-14-3-6-17-18(7-14)28-12-27-17/h1-8,11H,9-10,12H2,(H,23,26)(H,22,24,25). The van der Waals surface area contributed by atoms with Crippen molar-refractivity contribution in [1.82, 2.24) is 15.3 Å². The first-order chi connectivity index (χ1) is 13.7. The summed E-state index contributed by atoms with van der Waals surface area (Å²) in [5, 5.41) is 5.91. The van der Waals surface area contributed by atoms with Gasteiger partial charge in [0.05, 0.1) is 0 Å². The molecule has 0 fully saturated rings. The lowest BCUT2D eigenvalue weighted by molar-refractivity contribution is 0.0945. The first-order valence-electron chi connectivity index (χ1n) is 8.64. The third kappa shape index (κ3) is 4.17. The second-order valence-electron chi connectivity index (χ2n) is 6.14. The maximum atomic E-state index is 13.0. The monoisotopic (exact) mass is 380 g/mol. The van der Waals surface area contributed by atoms with Crippen molar-refractivity contribution in [3.8, 4) is 11.5 Å². The molecule has 0 atom stereocenters. The van der Waals surface area contributed by atoms with E-state index in [0.29, 0.717) is 30.4 Å². The zero-order valence-corrected chi connectivity index (χ0v) is 14.8. The van der Waals surface area contributed by atoms with Crippen LogP contribution in [-0.2, 0) is 13.1 Å². The van der Waals surface area contributed by atoms with Crippen molar-refractivity contribution in [2.75, 3.05) is 12.1 Å². The third-order valence-electron chi connectivity index (χ3n) is 4.18. The molecule has 1 aromatic heterocycles. The molecule has 0 saturated heterocycles. The van der Waals surface area contributed by atoms with Crippen LogP contribution in [0.4, 0.5) is 10.2 Å². The number of hydrogen-bond acceptors (Lipinski definition) is 6. The minimum atomic E-state index is -0.315. The van der Waals surface area contributed by atoms with Crippen LogP contribution in [0.2, 0.25) is 0 Å². The van der Waals surface area contributed by atoms with Crippen molar-refractivity contribution in [1.29, 1.82) is 0 Å². The lowest BCUT2D eigenvalue weighted by Crippen LogP contribution is -2.24. The van der Waals surface area contributed by atoms with E-state index in [4.69, 9.17) is 9.47 Å². The predicted molar refractivity (Wildman–Crippen MR) is 99.5 cm³/mol. The molecule has 1 aliphatic heterocycles. The fourth-order valence-corrected chi connectivity index (χ4v) is 2.70. The third-order valence-corrected chi connectivity index (χ3v) is 4.18. The summed E-state index contributed by atoms with van der Waals surface area (Å²) >= 11 is 0. The van der Waals surface area contributed by atoms with Crippen molar-refractivity contribution in [2.45, 2.75) is 13.1 Å². The van der Waals surface area contributed by atoms with Crippen LogP contribution in [0.5, 0.6) is 11.5 Å². The molecule has 8 heteroatoms. The van der Waals surface area contributed by atoms with E-state index < -0.39 is 0 Å². The van der Waals surface area contributed by atoms with Crippen LogP contribution in [0.1, 0.15) is 21.6 Å².